The molecule has 0 nitrogen and oxygen atoms in total. The Kier molecular flexibility index (Phi) is 4.96. The third kappa shape index (κ3) is 3.40. The lowest BCUT2D eigenvalue weighted by molar-refractivity contribution is 0.842. The van der Waals surface area contributed by atoms with Crippen molar-refractivity contribution in [3.8, 4) is 0 Å². The highest BCUT2D eigenvalue weighted by Gasteiger charge is 2.25. The average Bonchev–Trinajstić information content (AvgIpc) is 2.97. The maximum Gasteiger partial charge on any atom is 0.0232 e. The molecule has 0 saturated heterocycles. The van der Waals surface area contributed by atoms with Crippen LogP contribution in [0.1, 0.15) is 62.6 Å². The van der Waals surface area contributed by atoms with Gasteiger partial charge in [-0.3, -0.25) is 0 Å². The first kappa shape index (κ1) is 16.4. The zero-order chi connectivity index (χ0) is 16.4. The van der Waals surface area contributed by atoms with Gasteiger partial charge in [-0.1, -0.05) is 75.0 Å². The molecule has 1 aliphatic carbocycles. The van der Waals surface area contributed by atoms with Gasteiger partial charge in [-0.05, 0) is 58.4 Å². The van der Waals surface area contributed by atoms with Crippen LogP contribution in [0.25, 0.3) is 5.57 Å². The number of rotatable bonds is 4. The molecule has 0 fully saturated rings. The minimum Gasteiger partial charge on any atom is -0.0958 e. The van der Waals surface area contributed by atoms with Gasteiger partial charge >= 0.3 is 0 Å². The van der Waals surface area contributed by atoms with Crippen molar-refractivity contribution in [1.29, 1.82) is 0 Å². The first-order chi connectivity index (χ1) is 11.1. The summed E-state index contributed by atoms with van der Waals surface area (Å²) in [6.07, 6.45) is 13.5. The molecule has 1 aliphatic heterocycles. The lowest BCUT2D eigenvalue weighted by atomic mass is 9.89. The van der Waals surface area contributed by atoms with Crippen molar-refractivity contribution >= 4 is 17.3 Å². The Morgan fingerprint density at radius 3 is 2.83 bits per heavy atom. The van der Waals surface area contributed by atoms with Gasteiger partial charge in [0.05, 0.1) is 0 Å². The van der Waals surface area contributed by atoms with E-state index in [9.17, 15) is 0 Å². The number of hydrogen-bond acceptors (Lipinski definition) is 1. The fourth-order valence-electron chi connectivity index (χ4n) is 3.31. The third-order valence-corrected chi connectivity index (χ3v) is 5.88. The quantitative estimate of drug-likeness (QED) is 0.572. The minimum absolute atomic E-state index is 0.576. The van der Waals surface area contributed by atoms with Gasteiger partial charge in [-0.15, -0.1) is 0 Å². The van der Waals surface area contributed by atoms with Crippen molar-refractivity contribution in [2.45, 2.75) is 57.3 Å². The van der Waals surface area contributed by atoms with Crippen LogP contribution < -0.4 is 0 Å². The summed E-state index contributed by atoms with van der Waals surface area (Å²) in [6, 6.07) is 4.71. The second kappa shape index (κ2) is 6.97. The third-order valence-electron chi connectivity index (χ3n) is 4.68. The molecule has 1 aromatic rings. The van der Waals surface area contributed by atoms with Gasteiger partial charge < -0.3 is 0 Å². The second-order valence-electron chi connectivity index (χ2n) is 6.72. The molecule has 2 aliphatic rings. The largest absolute Gasteiger partial charge is 0.0958 e. The lowest BCUT2D eigenvalue weighted by Gasteiger charge is -2.17. The predicted molar refractivity (Wildman–Crippen MR) is 104 cm³/mol. The number of hydrogen-bond donors (Lipinski definition) is 0. The topological polar surface area (TPSA) is 0 Å². The van der Waals surface area contributed by atoms with Gasteiger partial charge in [-0.25, -0.2) is 0 Å². The summed E-state index contributed by atoms with van der Waals surface area (Å²) in [7, 11) is 0. The van der Waals surface area contributed by atoms with Gasteiger partial charge in [0.2, 0.25) is 0 Å². The summed E-state index contributed by atoms with van der Waals surface area (Å²) in [6.45, 7) is 10.9. The molecule has 0 radical (unpaired) electrons. The second-order valence-corrected chi connectivity index (χ2v) is 7.86. The van der Waals surface area contributed by atoms with E-state index in [4.69, 9.17) is 0 Å². The van der Waals surface area contributed by atoms with Crippen molar-refractivity contribution in [3.05, 3.63) is 70.2 Å². The Labute approximate surface area is 145 Å². The summed E-state index contributed by atoms with van der Waals surface area (Å²) < 4.78 is 0. The van der Waals surface area contributed by atoms with Gasteiger partial charge in [0.25, 0.3) is 0 Å². The summed E-state index contributed by atoms with van der Waals surface area (Å²) in [5, 5.41) is 0. The SMILES string of the molecule is C=C(/C=C1\Cc2c(C(C)C)ccc(C3=CC=CCC3)c2S1)CC. The molecule has 1 heterocycles. The van der Waals surface area contributed by atoms with Gasteiger partial charge in [-0.2, -0.15) is 0 Å². The van der Waals surface area contributed by atoms with E-state index in [1.807, 2.05) is 11.8 Å². The first-order valence-electron chi connectivity index (χ1n) is 8.68. The van der Waals surface area contributed by atoms with E-state index in [1.54, 1.807) is 5.56 Å². The average molecular weight is 323 g/mol. The predicted octanol–water partition coefficient (Wildman–Crippen LogP) is 7.04. The van der Waals surface area contributed by atoms with Crippen LogP contribution in [-0.4, -0.2) is 0 Å². The molecule has 1 heteroatoms. The normalized spacial score (nSPS) is 18.4. The van der Waals surface area contributed by atoms with Crippen LogP contribution in [0.3, 0.4) is 0 Å². The molecule has 0 aromatic heterocycles. The number of allylic oxidation sites excluding steroid dienone is 7. The summed E-state index contributed by atoms with van der Waals surface area (Å²) in [5.41, 5.74) is 7.22. The molecule has 0 amide bonds. The first-order valence-corrected chi connectivity index (χ1v) is 9.49. The Morgan fingerprint density at radius 2 is 2.17 bits per heavy atom. The van der Waals surface area contributed by atoms with Crippen molar-refractivity contribution in [1.82, 2.24) is 0 Å². The summed E-state index contributed by atoms with van der Waals surface area (Å²) >= 11 is 1.97. The molecule has 0 saturated carbocycles. The number of benzene rings is 1. The Balaban J connectivity index is 2.06. The van der Waals surface area contributed by atoms with E-state index < -0.39 is 0 Å². The Morgan fingerprint density at radius 1 is 1.35 bits per heavy atom. The van der Waals surface area contributed by atoms with Crippen LogP contribution in [0.4, 0.5) is 0 Å². The fourth-order valence-corrected chi connectivity index (χ4v) is 4.64. The number of thioether (sulfide) groups is 1. The van der Waals surface area contributed by atoms with E-state index in [2.05, 4.69) is 63.8 Å². The van der Waals surface area contributed by atoms with Crippen LogP contribution in [0.2, 0.25) is 0 Å². The monoisotopic (exact) mass is 322 g/mol. The molecule has 120 valence electrons. The van der Waals surface area contributed by atoms with Crippen LogP contribution in [0.15, 0.2) is 58.4 Å². The van der Waals surface area contributed by atoms with E-state index in [-0.39, 0.29) is 0 Å². The fraction of sp³-hybridized carbons (Fsp3) is 0.364. The highest BCUT2D eigenvalue weighted by Crippen LogP contribution is 2.48. The van der Waals surface area contributed by atoms with Gasteiger partial charge in [0.1, 0.15) is 0 Å². The summed E-state index contributed by atoms with van der Waals surface area (Å²) in [5.74, 6) is 0.576. The molecule has 0 N–H and O–H groups in total. The molecule has 0 unspecified atom stereocenters. The van der Waals surface area contributed by atoms with E-state index >= 15 is 0 Å². The molecular weight excluding hydrogens is 296 g/mol. The van der Waals surface area contributed by atoms with E-state index in [0.29, 0.717) is 5.92 Å². The molecule has 23 heavy (non-hydrogen) atoms. The van der Waals surface area contributed by atoms with Crippen LogP contribution in [-0.2, 0) is 6.42 Å². The van der Waals surface area contributed by atoms with Crippen molar-refractivity contribution in [2.24, 2.45) is 0 Å². The van der Waals surface area contributed by atoms with Gasteiger partial charge in [0.15, 0.2) is 0 Å². The van der Waals surface area contributed by atoms with E-state index in [0.717, 1.165) is 25.7 Å². The maximum absolute atomic E-state index is 4.16. The molecule has 0 bridgehead atoms. The Hall–Kier alpha value is -1.47. The number of fused-ring (bicyclic) bond motifs is 1. The van der Waals surface area contributed by atoms with Crippen molar-refractivity contribution in [2.75, 3.05) is 0 Å². The molecular formula is C22H26S. The van der Waals surface area contributed by atoms with Crippen molar-refractivity contribution < 1.29 is 0 Å². The standard InChI is InChI=1S/C22H26S/c1-5-16(4)13-18-14-21-19(15(2)3)11-12-20(22(21)23-18)17-9-7-6-8-10-17/h6-7,9,11-13,15H,4-5,8,10,14H2,1-3H3/b18-13+. The maximum atomic E-state index is 4.16. The summed E-state index contributed by atoms with van der Waals surface area (Å²) in [4.78, 5) is 2.95. The van der Waals surface area contributed by atoms with Crippen molar-refractivity contribution in [3.63, 3.8) is 0 Å². The molecule has 3 rings (SSSR count). The zero-order valence-corrected chi connectivity index (χ0v) is 15.3. The molecule has 1 aromatic carbocycles. The van der Waals surface area contributed by atoms with Crippen LogP contribution in [0.5, 0.6) is 0 Å². The highest BCUT2D eigenvalue weighted by atomic mass is 32.2. The van der Waals surface area contributed by atoms with Crippen LogP contribution in [0, 0.1) is 0 Å². The molecule has 0 atom stereocenters. The van der Waals surface area contributed by atoms with Gasteiger partial charge in [0, 0.05) is 11.3 Å². The smallest absolute Gasteiger partial charge is 0.0232 e. The van der Waals surface area contributed by atoms with Crippen LogP contribution >= 0.6 is 11.8 Å². The Bertz CT molecular complexity index is 714. The highest BCUT2D eigenvalue weighted by molar-refractivity contribution is 8.03. The molecule has 0 spiro atoms. The van der Waals surface area contributed by atoms with E-state index in [1.165, 1.54) is 32.1 Å². The lowest BCUT2D eigenvalue weighted by Crippen LogP contribution is -1.99. The zero-order valence-electron chi connectivity index (χ0n) is 14.5. The minimum atomic E-state index is 0.576.